The first-order valence-electron chi connectivity index (χ1n) is 10.1. The van der Waals surface area contributed by atoms with Crippen LogP contribution in [0.1, 0.15) is 11.1 Å². The Hall–Kier alpha value is -3.91. The molecule has 1 heterocycles. The number of hydrogen-bond acceptors (Lipinski definition) is 7. The molecule has 0 aliphatic rings. The van der Waals surface area contributed by atoms with Gasteiger partial charge in [0.05, 0.1) is 17.7 Å². The summed E-state index contributed by atoms with van der Waals surface area (Å²) < 4.78 is 11.5. The molecule has 0 fully saturated rings. The lowest BCUT2D eigenvalue weighted by atomic mass is 10.1. The molecule has 0 amide bonds. The minimum atomic E-state index is -0.401. The van der Waals surface area contributed by atoms with Gasteiger partial charge < -0.3 is 9.47 Å². The highest BCUT2D eigenvalue weighted by Crippen LogP contribution is 2.34. The number of nitro benzene ring substituents is 1. The molecule has 0 atom stereocenters. The Labute approximate surface area is 195 Å². The molecule has 4 aromatic rings. The Bertz CT molecular complexity index is 1280. The second-order valence-electron chi connectivity index (χ2n) is 7.21. The minimum Gasteiger partial charge on any atom is -0.493 e. The number of benzene rings is 3. The normalized spacial score (nSPS) is 10.6. The molecule has 4 rings (SSSR count). The maximum absolute atomic E-state index is 11.1. The zero-order valence-electron chi connectivity index (χ0n) is 18.1. The lowest BCUT2D eigenvalue weighted by Crippen LogP contribution is -1.97. The Kier molecular flexibility index (Phi) is 6.85. The van der Waals surface area contributed by atoms with Gasteiger partial charge in [0.1, 0.15) is 0 Å². The number of rotatable bonds is 8. The fraction of sp³-hybridized carbons (Fsp3) is 0.120. The van der Waals surface area contributed by atoms with E-state index >= 15 is 0 Å². The monoisotopic (exact) mass is 459 g/mol. The summed E-state index contributed by atoms with van der Waals surface area (Å²) in [5, 5.41) is 11.6. The molecular weight excluding hydrogens is 438 g/mol. The summed E-state index contributed by atoms with van der Waals surface area (Å²) in [7, 11) is 1.59. The Morgan fingerprint density at radius 2 is 1.76 bits per heavy atom. The molecular formula is C25H21N3O4S. The van der Waals surface area contributed by atoms with Gasteiger partial charge in [0.25, 0.3) is 5.69 Å². The third kappa shape index (κ3) is 5.67. The molecule has 0 N–H and O–H groups in total. The van der Waals surface area contributed by atoms with Crippen molar-refractivity contribution in [3.63, 3.8) is 0 Å². The van der Waals surface area contributed by atoms with E-state index in [4.69, 9.17) is 9.47 Å². The second kappa shape index (κ2) is 10.1. The third-order valence-corrected chi connectivity index (χ3v) is 5.69. The van der Waals surface area contributed by atoms with E-state index in [1.165, 1.54) is 17.8 Å². The average molecular weight is 460 g/mol. The first-order chi connectivity index (χ1) is 16.0. The van der Waals surface area contributed by atoms with E-state index < -0.39 is 4.92 Å². The van der Waals surface area contributed by atoms with Crippen LogP contribution >= 0.6 is 11.8 Å². The molecule has 33 heavy (non-hydrogen) atoms. The van der Waals surface area contributed by atoms with E-state index in [0.717, 1.165) is 16.7 Å². The van der Waals surface area contributed by atoms with Gasteiger partial charge in [0.15, 0.2) is 16.7 Å². The largest absolute Gasteiger partial charge is 0.493 e. The Balaban J connectivity index is 1.65. The highest BCUT2D eigenvalue weighted by Gasteiger charge is 2.13. The van der Waals surface area contributed by atoms with Crippen molar-refractivity contribution in [1.82, 2.24) is 9.97 Å². The summed E-state index contributed by atoms with van der Waals surface area (Å²) in [5.74, 6) is 2.02. The van der Waals surface area contributed by atoms with Crippen LogP contribution in [0.25, 0.3) is 11.3 Å². The molecule has 0 radical (unpaired) electrons. The molecule has 0 spiro atoms. The lowest BCUT2D eigenvalue weighted by Gasteiger charge is -2.12. The van der Waals surface area contributed by atoms with Gasteiger partial charge in [0, 0.05) is 29.5 Å². The number of nitro groups is 1. The quantitative estimate of drug-likeness (QED) is 0.129. The van der Waals surface area contributed by atoms with Gasteiger partial charge in [-0.1, -0.05) is 60.3 Å². The third-order valence-electron chi connectivity index (χ3n) is 4.77. The standard InChI is InChI=1S/C25H21N3O4S/c1-17-11-12-22(23(13-17)31-2)32-24-15-21(19-8-4-3-5-9-19)26-25(27-24)33-16-18-7-6-10-20(14-18)28(29)30/h3-15H,16H2,1-2H3. The van der Waals surface area contributed by atoms with E-state index in [9.17, 15) is 10.1 Å². The van der Waals surface area contributed by atoms with Gasteiger partial charge in [-0.05, 0) is 30.2 Å². The molecule has 0 saturated heterocycles. The highest BCUT2D eigenvalue weighted by atomic mass is 32.2. The van der Waals surface area contributed by atoms with Crippen LogP contribution < -0.4 is 9.47 Å². The van der Waals surface area contributed by atoms with Crippen molar-refractivity contribution in [2.24, 2.45) is 0 Å². The van der Waals surface area contributed by atoms with Crippen molar-refractivity contribution >= 4 is 17.4 Å². The maximum Gasteiger partial charge on any atom is 0.269 e. The topological polar surface area (TPSA) is 87.4 Å². The number of ether oxygens (including phenoxy) is 2. The van der Waals surface area contributed by atoms with Crippen LogP contribution in [0.4, 0.5) is 5.69 Å². The predicted molar refractivity (Wildman–Crippen MR) is 128 cm³/mol. The van der Waals surface area contributed by atoms with Gasteiger partial charge in [-0.15, -0.1) is 0 Å². The first-order valence-corrected chi connectivity index (χ1v) is 11.1. The van der Waals surface area contributed by atoms with Crippen molar-refractivity contribution < 1.29 is 14.4 Å². The van der Waals surface area contributed by atoms with Crippen LogP contribution in [0, 0.1) is 17.0 Å². The summed E-state index contributed by atoms with van der Waals surface area (Å²) in [6, 6.07) is 23.8. The van der Waals surface area contributed by atoms with E-state index in [2.05, 4.69) is 9.97 Å². The van der Waals surface area contributed by atoms with Crippen LogP contribution in [0.2, 0.25) is 0 Å². The molecule has 0 bridgehead atoms. The molecule has 0 saturated carbocycles. The van der Waals surface area contributed by atoms with Crippen LogP contribution in [0.15, 0.2) is 84.0 Å². The number of thioether (sulfide) groups is 1. The second-order valence-corrected chi connectivity index (χ2v) is 8.15. The van der Waals surface area contributed by atoms with E-state index in [1.807, 2.05) is 61.5 Å². The summed E-state index contributed by atoms with van der Waals surface area (Å²) in [6.07, 6.45) is 0. The molecule has 166 valence electrons. The number of aromatic nitrogens is 2. The summed E-state index contributed by atoms with van der Waals surface area (Å²) in [4.78, 5) is 19.9. The van der Waals surface area contributed by atoms with E-state index in [-0.39, 0.29) is 5.69 Å². The predicted octanol–water partition coefficient (Wildman–Crippen LogP) is 6.45. The van der Waals surface area contributed by atoms with Gasteiger partial charge in [-0.3, -0.25) is 10.1 Å². The molecule has 7 nitrogen and oxygen atoms in total. The molecule has 1 aromatic heterocycles. The average Bonchev–Trinajstić information content (AvgIpc) is 2.84. The zero-order chi connectivity index (χ0) is 23.2. The van der Waals surface area contributed by atoms with Gasteiger partial charge >= 0.3 is 0 Å². The van der Waals surface area contributed by atoms with Gasteiger partial charge in [-0.25, -0.2) is 4.98 Å². The minimum absolute atomic E-state index is 0.0579. The zero-order valence-corrected chi connectivity index (χ0v) is 18.9. The van der Waals surface area contributed by atoms with Crippen molar-refractivity contribution in [3.05, 3.63) is 100 Å². The summed E-state index contributed by atoms with van der Waals surface area (Å²) >= 11 is 1.38. The van der Waals surface area contributed by atoms with Crippen molar-refractivity contribution in [1.29, 1.82) is 0 Å². The van der Waals surface area contributed by atoms with Crippen LogP contribution in [-0.2, 0) is 5.75 Å². The van der Waals surface area contributed by atoms with Crippen molar-refractivity contribution in [2.75, 3.05) is 7.11 Å². The number of methoxy groups -OCH3 is 1. The van der Waals surface area contributed by atoms with Crippen molar-refractivity contribution in [2.45, 2.75) is 17.8 Å². The van der Waals surface area contributed by atoms with E-state index in [1.54, 1.807) is 25.3 Å². The summed E-state index contributed by atoms with van der Waals surface area (Å²) in [6.45, 7) is 1.98. The SMILES string of the molecule is COc1cc(C)ccc1Oc1cc(-c2ccccc2)nc(SCc2cccc([N+](=O)[O-])c2)n1. The van der Waals surface area contributed by atoms with Crippen LogP contribution in [0.5, 0.6) is 17.4 Å². The van der Waals surface area contributed by atoms with Crippen LogP contribution in [-0.4, -0.2) is 22.0 Å². The number of non-ortho nitro benzene ring substituents is 1. The molecule has 0 aliphatic carbocycles. The number of aryl methyl sites for hydroxylation is 1. The molecule has 0 unspecified atom stereocenters. The maximum atomic E-state index is 11.1. The number of hydrogen-bond donors (Lipinski definition) is 0. The number of nitrogens with zero attached hydrogens (tertiary/aromatic N) is 3. The molecule has 0 aliphatic heterocycles. The van der Waals surface area contributed by atoms with E-state index in [0.29, 0.717) is 34.0 Å². The molecule has 8 heteroatoms. The van der Waals surface area contributed by atoms with Gasteiger partial charge in [0.2, 0.25) is 5.88 Å². The summed E-state index contributed by atoms with van der Waals surface area (Å²) in [5.41, 5.74) is 3.57. The van der Waals surface area contributed by atoms with Crippen LogP contribution in [0.3, 0.4) is 0 Å². The smallest absolute Gasteiger partial charge is 0.269 e. The lowest BCUT2D eigenvalue weighted by molar-refractivity contribution is -0.384. The Morgan fingerprint density at radius 3 is 2.52 bits per heavy atom. The first kappa shape index (κ1) is 22.3. The van der Waals surface area contributed by atoms with Crippen molar-refractivity contribution in [3.8, 4) is 28.6 Å². The van der Waals surface area contributed by atoms with Gasteiger partial charge in [-0.2, -0.15) is 4.98 Å². The fourth-order valence-electron chi connectivity index (χ4n) is 3.16. The Morgan fingerprint density at radius 1 is 0.939 bits per heavy atom. The highest BCUT2D eigenvalue weighted by molar-refractivity contribution is 7.98. The fourth-order valence-corrected chi connectivity index (χ4v) is 3.95. The molecule has 3 aromatic carbocycles.